The predicted molar refractivity (Wildman–Crippen MR) is 54.8 cm³/mol. The number of carbonyl (C=O) groups is 1. The van der Waals surface area contributed by atoms with Gasteiger partial charge in [0.05, 0.1) is 0 Å². The van der Waals surface area contributed by atoms with Crippen LogP contribution in [0.4, 0.5) is 0 Å². The fourth-order valence-corrected chi connectivity index (χ4v) is 1.44. The molecule has 0 bridgehead atoms. The summed E-state index contributed by atoms with van der Waals surface area (Å²) in [7, 11) is 3.60. The first-order valence-corrected chi connectivity index (χ1v) is 4.52. The maximum absolute atomic E-state index is 11.8. The van der Waals surface area contributed by atoms with E-state index in [0.717, 1.165) is 0 Å². The number of hydrogen-bond donors (Lipinski definition) is 1. The van der Waals surface area contributed by atoms with Gasteiger partial charge in [0.15, 0.2) is 5.76 Å². The van der Waals surface area contributed by atoms with Crippen LogP contribution in [0.2, 0.25) is 0 Å². The lowest BCUT2D eigenvalue weighted by Gasteiger charge is -2.05. The summed E-state index contributed by atoms with van der Waals surface area (Å²) in [4.78, 5) is 13.5. The Bertz CT molecular complexity index is 449. The molecule has 0 aliphatic carbocycles. The van der Waals surface area contributed by atoms with E-state index in [0.29, 0.717) is 5.75 Å². The summed E-state index contributed by atoms with van der Waals surface area (Å²) >= 11 is 0. The van der Waals surface area contributed by atoms with Gasteiger partial charge in [-0.2, -0.15) is 0 Å². The zero-order chi connectivity index (χ0) is 11.0. The van der Waals surface area contributed by atoms with Crippen molar-refractivity contribution in [2.45, 2.75) is 0 Å². The quantitative estimate of drug-likeness (QED) is 0.703. The van der Waals surface area contributed by atoms with E-state index < -0.39 is 0 Å². The van der Waals surface area contributed by atoms with Crippen molar-refractivity contribution in [3.63, 3.8) is 0 Å². The van der Waals surface area contributed by atoms with E-state index in [2.05, 4.69) is 0 Å². The third-order valence-electron chi connectivity index (χ3n) is 2.05. The first-order valence-electron chi connectivity index (χ1n) is 4.52. The van der Waals surface area contributed by atoms with Crippen LogP contribution in [0.1, 0.15) is 10.4 Å². The largest absolute Gasteiger partial charge is 0.507 e. The van der Waals surface area contributed by atoms with Gasteiger partial charge in [-0.3, -0.25) is 4.79 Å². The van der Waals surface area contributed by atoms with Crippen molar-refractivity contribution in [2.24, 2.45) is 0 Å². The average molecular weight is 205 g/mol. The number of phenols is 1. The number of phenolic OH excluding ortho intramolecular Hbond substituents is 1. The molecule has 1 aromatic carbocycles. The van der Waals surface area contributed by atoms with Crippen LogP contribution >= 0.6 is 0 Å². The minimum Gasteiger partial charge on any atom is -0.507 e. The molecular weight excluding hydrogens is 194 g/mol. The van der Waals surface area contributed by atoms with Gasteiger partial charge in [0.2, 0.25) is 5.78 Å². The van der Waals surface area contributed by atoms with Gasteiger partial charge in [-0.05, 0) is 12.1 Å². The highest BCUT2D eigenvalue weighted by Gasteiger charge is 2.30. The van der Waals surface area contributed by atoms with Crippen LogP contribution < -0.4 is 4.74 Å². The van der Waals surface area contributed by atoms with Crippen molar-refractivity contribution in [1.82, 2.24) is 4.90 Å². The second-order valence-corrected chi connectivity index (χ2v) is 3.54. The van der Waals surface area contributed by atoms with Gasteiger partial charge in [-0.1, -0.05) is 6.07 Å². The van der Waals surface area contributed by atoms with Gasteiger partial charge in [-0.15, -0.1) is 0 Å². The zero-order valence-corrected chi connectivity index (χ0v) is 8.52. The molecule has 1 N–H and O–H groups in total. The van der Waals surface area contributed by atoms with Crippen LogP contribution in [0.5, 0.6) is 11.5 Å². The molecule has 0 radical (unpaired) electrons. The number of aromatic hydroxyl groups is 1. The highest BCUT2D eigenvalue weighted by atomic mass is 16.5. The first kappa shape index (κ1) is 9.58. The lowest BCUT2D eigenvalue weighted by molar-refractivity contribution is 0.101. The summed E-state index contributed by atoms with van der Waals surface area (Å²) in [5.74, 6) is 0.320. The third kappa shape index (κ3) is 1.54. The highest BCUT2D eigenvalue weighted by molar-refractivity contribution is 6.13. The fourth-order valence-electron chi connectivity index (χ4n) is 1.44. The molecule has 0 amide bonds. The molecule has 4 nitrogen and oxygen atoms in total. The topological polar surface area (TPSA) is 49.8 Å². The van der Waals surface area contributed by atoms with Crippen molar-refractivity contribution in [1.29, 1.82) is 0 Å². The number of Topliss-reactive ketones (excluding diaryl/α,β-unsaturated/α-hetero) is 1. The molecule has 2 rings (SSSR count). The predicted octanol–water partition coefficient (Wildman–Crippen LogP) is 1.37. The molecule has 0 fully saturated rings. The minimum atomic E-state index is -0.281. The van der Waals surface area contributed by atoms with Crippen LogP contribution in [-0.4, -0.2) is 29.9 Å². The standard InChI is InChI=1S/C11H11NO3/c1-12(2)6-9-11(14)10-7(13)4-3-5-8(10)15-9/h3-6,13H,1-2H3. The van der Waals surface area contributed by atoms with Crippen LogP contribution in [0, 0.1) is 0 Å². The SMILES string of the molecule is CN(C)C=C1Oc2cccc(O)c2C1=O. The molecule has 1 aromatic rings. The van der Waals surface area contributed by atoms with Crippen molar-refractivity contribution in [2.75, 3.05) is 14.1 Å². The molecule has 0 spiro atoms. The molecule has 0 saturated carbocycles. The summed E-state index contributed by atoms with van der Waals surface area (Å²) in [6.07, 6.45) is 1.59. The van der Waals surface area contributed by atoms with Crippen molar-refractivity contribution in [3.8, 4) is 11.5 Å². The van der Waals surface area contributed by atoms with Crippen molar-refractivity contribution >= 4 is 5.78 Å². The lowest BCUT2D eigenvalue weighted by Crippen LogP contribution is -2.08. The number of ether oxygens (including phenoxy) is 1. The minimum absolute atomic E-state index is 0.0420. The van der Waals surface area contributed by atoms with E-state index >= 15 is 0 Å². The summed E-state index contributed by atoms with van der Waals surface area (Å²) < 4.78 is 5.32. The number of benzene rings is 1. The molecule has 78 valence electrons. The summed E-state index contributed by atoms with van der Waals surface area (Å²) in [5, 5.41) is 9.51. The number of allylic oxidation sites excluding steroid dienone is 1. The van der Waals surface area contributed by atoms with Gasteiger partial charge >= 0.3 is 0 Å². The Morgan fingerprint density at radius 1 is 1.40 bits per heavy atom. The Kier molecular flexibility index (Phi) is 2.11. The van der Waals surface area contributed by atoms with E-state index in [4.69, 9.17) is 4.74 Å². The Balaban J connectivity index is 2.47. The molecule has 15 heavy (non-hydrogen) atoms. The number of carbonyl (C=O) groups excluding carboxylic acids is 1. The van der Waals surface area contributed by atoms with Gasteiger partial charge in [-0.25, -0.2) is 0 Å². The van der Waals surface area contributed by atoms with E-state index in [1.807, 2.05) is 0 Å². The third-order valence-corrected chi connectivity index (χ3v) is 2.05. The van der Waals surface area contributed by atoms with Crippen molar-refractivity contribution < 1.29 is 14.6 Å². The first-order chi connectivity index (χ1) is 7.09. The fraction of sp³-hybridized carbons (Fsp3) is 0.182. The van der Waals surface area contributed by atoms with Crippen LogP contribution in [0.15, 0.2) is 30.2 Å². The molecule has 0 unspecified atom stereocenters. The van der Waals surface area contributed by atoms with Crippen LogP contribution in [-0.2, 0) is 0 Å². The Hall–Kier alpha value is -1.97. The van der Waals surface area contributed by atoms with Gasteiger partial charge in [0.25, 0.3) is 0 Å². The Labute approximate surface area is 87.4 Å². The van der Waals surface area contributed by atoms with Gasteiger partial charge < -0.3 is 14.7 Å². The molecule has 0 atom stereocenters. The van der Waals surface area contributed by atoms with Crippen LogP contribution in [0.25, 0.3) is 0 Å². The van der Waals surface area contributed by atoms with E-state index in [1.54, 1.807) is 37.3 Å². The smallest absolute Gasteiger partial charge is 0.237 e. The van der Waals surface area contributed by atoms with Crippen LogP contribution in [0.3, 0.4) is 0 Å². The lowest BCUT2D eigenvalue weighted by atomic mass is 10.1. The number of hydrogen-bond acceptors (Lipinski definition) is 4. The average Bonchev–Trinajstić information content (AvgIpc) is 2.44. The van der Waals surface area contributed by atoms with Crippen molar-refractivity contribution in [3.05, 3.63) is 35.7 Å². The Morgan fingerprint density at radius 2 is 2.13 bits per heavy atom. The number of rotatable bonds is 1. The summed E-state index contributed by atoms with van der Waals surface area (Å²) in [5.41, 5.74) is 0.241. The maximum Gasteiger partial charge on any atom is 0.237 e. The maximum atomic E-state index is 11.8. The zero-order valence-electron chi connectivity index (χ0n) is 8.52. The second kappa shape index (κ2) is 3.31. The molecule has 1 aliphatic heterocycles. The molecule has 1 aliphatic rings. The number of fused-ring (bicyclic) bond motifs is 1. The summed E-state index contributed by atoms with van der Waals surface area (Å²) in [6.45, 7) is 0. The number of ketones is 1. The monoisotopic (exact) mass is 205 g/mol. The van der Waals surface area contributed by atoms with E-state index in [1.165, 1.54) is 6.07 Å². The molecule has 0 aromatic heterocycles. The van der Waals surface area contributed by atoms with Gasteiger partial charge in [0, 0.05) is 20.3 Å². The molecule has 4 heteroatoms. The second-order valence-electron chi connectivity index (χ2n) is 3.54. The normalized spacial score (nSPS) is 16.4. The summed E-state index contributed by atoms with van der Waals surface area (Å²) in [6, 6.07) is 4.77. The highest BCUT2D eigenvalue weighted by Crippen LogP contribution is 2.36. The van der Waals surface area contributed by atoms with E-state index in [-0.39, 0.29) is 22.9 Å². The molecule has 0 saturated heterocycles. The molecular formula is C11H11NO3. The molecule has 1 heterocycles. The number of nitrogens with zero attached hydrogens (tertiary/aromatic N) is 1. The Morgan fingerprint density at radius 3 is 2.73 bits per heavy atom. The van der Waals surface area contributed by atoms with Gasteiger partial charge in [0.1, 0.15) is 17.1 Å². The van der Waals surface area contributed by atoms with E-state index in [9.17, 15) is 9.90 Å².